The number of rotatable bonds is 9. The second-order valence-electron chi connectivity index (χ2n) is 11.8. The van der Waals surface area contributed by atoms with Gasteiger partial charge >= 0.3 is 0 Å². The minimum absolute atomic E-state index is 0.414. The van der Waals surface area contributed by atoms with Crippen LogP contribution in [0.4, 0.5) is 0 Å². The second-order valence-corrected chi connectivity index (χ2v) is 12.2. The molecular weight excluding hydrogens is 572 g/mol. The van der Waals surface area contributed by atoms with Crippen LogP contribution in [0.15, 0.2) is 54.6 Å². The van der Waals surface area contributed by atoms with Crippen molar-refractivity contribution in [2.75, 3.05) is 26.8 Å². The molecule has 232 valence electrons. The highest BCUT2D eigenvalue weighted by Crippen LogP contribution is 2.44. The quantitative estimate of drug-likeness (QED) is 0.136. The number of aromatic nitrogens is 3. The van der Waals surface area contributed by atoms with Crippen molar-refractivity contribution in [3.63, 3.8) is 0 Å². The number of hydrogen-bond acceptors (Lipinski definition) is 5. The highest BCUT2D eigenvalue weighted by atomic mass is 35.5. The lowest BCUT2D eigenvalue weighted by atomic mass is 9.97. The molecule has 1 aliphatic heterocycles. The fraction of sp³-hybridized carbons (Fsp3) is 0.417. The summed E-state index contributed by atoms with van der Waals surface area (Å²) in [5.74, 6) is 0.893. The molecule has 0 fully saturated rings. The van der Waals surface area contributed by atoms with E-state index >= 15 is 0 Å². The summed E-state index contributed by atoms with van der Waals surface area (Å²) in [7, 11) is 4.18. The molecule has 44 heavy (non-hydrogen) atoms. The Morgan fingerprint density at radius 3 is 2.57 bits per heavy atom. The number of hydrogen-bond donors (Lipinski definition) is 1. The molecule has 6 rings (SSSR count). The smallest absolute Gasteiger partial charge is 0.196 e. The van der Waals surface area contributed by atoms with Crippen molar-refractivity contribution in [1.82, 2.24) is 19.2 Å². The van der Waals surface area contributed by atoms with Gasteiger partial charge in [-0.25, -0.2) is 0 Å². The molecule has 0 saturated heterocycles. The summed E-state index contributed by atoms with van der Waals surface area (Å²) in [5, 5.41) is 20.6. The Bertz CT molecular complexity index is 1770. The summed E-state index contributed by atoms with van der Waals surface area (Å²) < 4.78 is 16.5. The Hall–Kier alpha value is -3.36. The molecular formula is C36H43ClN4O3. The van der Waals surface area contributed by atoms with E-state index in [4.69, 9.17) is 26.2 Å². The van der Waals surface area contributed by atoms with E-state index in [0.29, 0.717) is 18.2 Å². The highest BCUT2D eigenvalue weighted by molar-refractivity contribution is 6.35. The van der Waals surface area contributed by atoms with Gasteiger partial charge in [-0.1, -0.05) is 61.0 Å². The number of halogens is 1. The van der Waals surface area contributed by atoms with Crippen LogP contribution in [0.2, 0.25) is 5.02 Å². The number of nitrogens with zero attached hydrogens (tertiary/aromatic N) is 4. The monoisotopic (exact) mass is 614 g/mol. The number of fused-ring (bicyclic) bond motifs is 3. The van der Waals surface area contributed by atoms with Gasteiger partial charge in [0, 0.05) is 54.3 Å². The third-order valence-corrected chi connectivity index (χ3v) is 9.19. The van der Waals surface area contributed by atoms with Crippen LogP contribution in [0.5, 0.6) is 5.75 Å². The minimum Gasteiger partial charge on any atom is -0.493 e. The van der Waals surface area contributed by atoms with E-state index < -0.39 is 6.29 Å². The van der Waals surface area contributed by atoms with E-state index in [0.717, 1.165) is 108 Å². The summed E-state index contributed by atoms with van der Waals surface area (Å²) in [6.07, 6.45) is 3.32. The lowest BCUT2D eigenvalue weighted by Crippen LogP contribution is -2.20. The molecule has 0 radical (unpaired) electrons. The highest BCUT2D eigenvalue weighted by Gasteiger charge is 2.29. The zero-order valence-corrected chi connectivity index (χ0v) is 27.0. The van der Waals surface area contributed by atoms with Crippen molar-refractivity contribution in [1.29, 1.82) is 0 Å². The van der Waals surface area contributed by atoms with Crippen LogP contribution >= 0.6 is 11.6 Å². The average molecular weight is 615 g/mol. The SMILES string of the molecule is CCOC(O)c1c(CCCOc2cccc3ccccc23)c2ccc(Cl)c3c2n1CCCCN(C)Cc1nn(C)c(CC)c1-3. The van der Waals surface area contributed by atoms with Gasteiger partial charge in [0.2, 0.25) is 0 Å². The van der Waals surface area contributed by atoms with E-state index in [9.17, 15) is 5.11 Å². The topological polar surface area (TPSA) is 64.7 Å². The van der Waals surface area contributed by atoms with E-state index in [2.05, 4.69) is 47.7 Å². The van der Waals surface area contributed by atoms with E-state index in [1.165, 1.54) is 5.39 Å². The van der Waals surface area contributed by atoms with Crippen molar-refractivity contribution in [2.24, 2.45) is 7.05 Å². The molecule has 1 atom stereocenters. The van der Waals surface area contributed by atoms with Gasteiger partial charge in [0.1, 0.15) is 5.75 Å². The normalized spacial score (nSPS) is 15.0. The van der Waals surface area contributed by atoms with Crippen molar-refractivity contribution in [3.8, 4) is 16.9 Å². The largest absolute Gasteiger partial charge is 0.493 e. The van der Waals surface area contributed by atoms with Gasteiger partial charge in [0.05, 0.1) is 28.5 Å². The van der Waals surface area contributed by atoms with Crippen LogP contribution in [-0.2, 0) is 37.7 Å². The van der Waals surface area contributed by atoms with Crippen LogP contribution in [0.1, 0.15) is 62.0 Å². The first-order valence-corrected chi connectivity index (χ1v) is 16.3. The predicted octanol–water partition coefficient (Wildman–Crippen LogP) is 7.68. The van der Waals surface area contributed by atoms with Crippen LogP contribution in [-0.4, -0.2) is 51.2 Å². The molecule has 2 aromatic heterocycles. The van der Waals surface area contributed by atoms with E-state index in [1.807, 2.05) is 49.0 Å². The van der Waals surface area contributed by atoms with Gasteiger partial charge in [0.25, 0.3) is 0 Å². The zero-order valence-electron chi connectivity index (χ0n) is 26.3. The fourth-order valence-corrected chi connectivity index (χ4v) is 7.17. The van der Waals surface area contributed by atoms with Gasteiger partial charge in [-0.3, -0.25) is 4.68 Å². The molecule has 0 amide bonds. The standard InChI is InChI=1S/C36H43ClN4O3/c1-5-30-33-29(38-40(30)4)23-39(3)20-9-10-21-41-34-27(18-19-28(37)32(33)34)26(35(41)36(42)43-6-2)16-12-22-44-31-17-11-14-24-13-7-8-15-25(24)31/h7-8,11,13-15,17-19,36,42H,5-6,9-10,12,16,20-23H2,1-4H3. The summed E-state index contributed by atoms with van der Waals surface area (Å²) in [6, 6.07) is 18.6. The van der Waals surface area contributed by atoms with E-state index in [1.54, 1.807) is 0 Å². The van der Waals surface area contributed by atoms with Crippen molar-refractivity contribution >= 4 is 33.3 Å². The Labute approximate surface area is 264 Å². The molecule has 3 heterocycles. The summed E-state index contributed by atoms with van der Waals surface area (Å²) in [6.45, 7) is 7.55. The molecule has 1 unspecified atom stereocenters. The summed E-state index contributed by atoms with van der Waals surface area (Å²) in [4.78, 5) is 2.34. The Morgan fingerprint density at radius 1 is 0.955 bits per heavy atom. The molecule has 8 heteroatoms. The van der Waals surface area contributed by atoms with Crippen LogP contribution in [0.25, 0.3) is 32.8 Å². The number of benzene rings is 3. The molecule has 0 aliphatic carbocycles. The maximum atomic E-state index is 11.5. The lowest BCUT2D eigenvalue weighted by molar-refractivity contribution is -0.103. The van der Waals surface area contributed by atoms with Crippen LogP contribution in [0.3, 0.4) is 0 Å². The van der Waals surface area contributed by atoms with Gasteiger partial charge in [-0.05, 0) is 75.7 Å². The minimum atomic E-state index is -1.04. The summed E-state index contributed by atoms with van der Waals surface area (Å²) in [5.41, 5.74) is 7.29. The number of ether oxygens (including phenoxy) is 2. The molecule has 0 saturated carbocycles. The number of aliphatic hydroxyl groups excluding tert-OH is 1. The van der Waals surface area contributed by atoms with Crippen molar-refractivity contribution < 1.29 is 14.6 Å². The van der Waals surface area contributed by atoms with Gasteiger partial charge < -0.3 is 24.0 Å². The Morgan fingerprint density at radius 2 is 1.75 bits per heavy atom. The second kappa shape index (κ2) is 13.3. The first-order valence-electron chi connectivity index (χ1n) is 15.9. The lowest BCUT2D eigenvalue weighted by Gasteiger charge is -2.19. The molecule has 0 bridgehead atoms. The molecule has 1 aliphatic rings. The predicted molar refractivity (Wildman–Crippen MR) is 178 cm³/mol. The molecule has 5 aromatic rings. The first-order chi connectivity index (χ1) is 21.4. The zero-order chi connectivity index (χ0) is 30.8. The number of aryl methyl sites for hydroxylation is 3. The molecule has 3 aromatic carbocycles. The average Bonchev–Trinajstić information content (AvgIpc) is 3.49. The van der Waals surface area contributed by atoms with Crippen LogP contribution < -0.4 is 4.74 Å². The van der Waals surface area contributed by atoms with Gasteiger partial charge in [-0.15, -0.1) is 0 Å². The summed E-state index contributed by atoms with van der Waals surface area (Å²) >= 11 is 7.14. The maximum absolute atomic E-state index is 11.5. The van der Waals surface area contributed by atoms with Gasteiger partial charge in [0.15, 0.2) is 6.29 Å². The Kier molecular flexibility index (Phi) is 9.29. The van der Waals surface area contributed by atoms with Gasteiger partial charge in [-0.2, -0.15) is 5.10 Å². The third kappa shape index (κ3) is 5.74. The number of aliphatic hydroxyl groups is 1. The van der Waals surface area contributed by atoms with Crippen molar-refractivity contribution in [2.45, 2.75) is 65.3 Å². The fourth-order valence-electron chi connectivity index (χ4n) is 6.93. The molecule has 0 spiro atoms. The Balaban J connectivity index is 1.46. The van der Waals surface area contributed by atoms with E-state index in [-0.39, 0.29) is 0 Å². The first kappa shape index (κ1) is 30.7. The third-order valence-electron chi connectivity index (χ3n) is 8.87. The molecule has 7 nitrogen and oxygen atoms in total. The maximum Gasteiger partial charge on any atom is 0.196 e. The molecule has 1 N–H and O–H groups in total. The van der Waals surface area contributed by atoms with Crippen LogP contribution in [0, 0.1) is 0 Å². The van der Waals surface area contributed by atoms with Crippen molar-refractivity contribution in [3.05, 3.63) is 82.3 Å².